The van der Waals surface area contributed by atoms with E-state index in [2.05, 4.69) is 45.3 Å². The molecule has 3 heteroatoms. The molecule has 1 fully saturated rings. The molecule has 2 aliphatic rings. The van der Waals surface area contributed by atoms with Crippen LogP contribution in [0.3, 0.4) is 0 Å². The third kappa shape index (κ3) is 1.97. The van der Waals surface area contributed by atoms with Crippen LogP contribution in [0.15, 0.2) is 22.5 Å². The number of hydrogen-bond donors (Lipinski definition) is 1. The quantitative estimate of drug-likeness (QED) is 0.776. The normalized spacial score (nSPS) is 27.9. The van der Waals surface area contributed by atoms with Crippen molar-refractivity contribution in [3.8, 4) is 0 Å². The van der Waals surface area contributed by atoms with Gasteiger partial charge in [0.25, 0.3) is 0 Å². The molecule has 1 unspecified atom stereocenters. The summed E-state index contributed by atoms with van der Waals surface area (Å²) in [5, 5.41) is 3.29. The van der Waals surface area contributed by atoms with E-state index in [0.717, 1.165) is 0 Å². The highest BCUT2D eigenvalue weighted by molar-refractivity contribution is 9.11. The largest absolute Gasteiger partial charge is 0.384 e. The number of rotatable bonds is 1. The van der Waals surface area contributed by atoms with Gasteiger partial charge in [-0.15, -0.1) is 0 Å². The summed E-state index contributed by atoms with van der Waals surface area (Å²) in [6, 6.07) is 0.414. The number of halogens is 1. The van der Waals surface area contributed by atoms with E-state index >= 15 is 0 Å². The highest BCUT2D eigenvalue weighted by Crippen LogP contribution is 2.26. The van der Waals surface area contributed by atoms with Gasteiger partial charge in [-0.1, -0.05) is 15.9 Å². The molecule has 14 heavy (non-hydrogen) atoms. The molecule has 78 valence electrons. The molecule has 2 heterocycles. The van der Waals surface area contributed by atoms with Crippen LogP contribution in [-0.4, -0.2) is 24.0 Å². The van der Waals surface area contributed by atoms with Crippen LogP contribution in [0.4, 0.5) is 0 Å². The molecule has 0 radical (unpaired) electrons. The van der Waals surface area contributed by atoms with Crippen molar-refractivity contribution in [3.05, 3.63) is 22.5 Å². The maximum Gasteiger partial charge on any atom is 0.0566 e. The Labute approximate surface area is 94.2 Å². The van der Waals surface area contributed by atoms with Gasteiger partial charge >= 0.3 is 0 Å². The van der Waals surface area contributed by atoms with Crippen molar-refractivity contribution in [2.24, 2.45) is 0 Å². The molecule has 0 aromatic carbocycles. The predicted octanol–water partition coefficient (Wildman–Crippen LogP) is 2.58. The molecule has 1 saturated heterocycles. The van der Waals surface area contributed by atoms with Gasteiger partial charge in [-0.2, -0.15) is 0 Å². The smallest absolute Gasteiger partial charge is 0.0566 e. The molecule has 2 rings (SSSR count). The Bertz CT molecular complexity index is 264. The summed E-state index contributed by atoms with van der Waals surface area (Å²) in [7, 11) is 0. The molecule has 2 nitrogen and oxygen atoms in total. The Hall–Kier alpha value is -0.440. The van der Waals surface area contributed by atoms with Crippen LogP contribution in [-0.2, 0) is 0 Å². The van der Waals surface area contributed by atoms with E-state index in [9.17, 15) is 0 Å². The van der Waals surface area contributed by atoms with Crippen molar-refractivity contribution in [1.29, 1.82) is 0 Å². The first-order chi connectivity index (χ1) is 6.79. The highest BCUT2D eigenvalue weighted by Gasteiger charge is 2.19. The Balaban J connectivity index is 2.14. The first-order valence-corrected chi connectivity index (χ1v) is 6.15. The van der Waals surface area contributed by atoms with Gasteiger partial charge in [0.05, 0.1) is 11.7 Å². The van der Waals surface area contributed by atoms with Crippen LogP contribution in [0.2, 0.25) is 0 Å². The standard InChI is InChI=1S/C11H17BrN2/c1-9-11(12)10(5-6-13-9)14-7-3-2-4-8-14/h5-6,9,13H,2-4,7-8H2,1H3. The monoisotopic (exact) mass is 256 g/mol. The lowest BCUT2D eigenvalue weighted by Crippen LogP contribution is -2.34. The van der Waals surface area contributed by atoms with E-state index in [0.29, 0.717) is 6.04 Å². The van der Waals surface area contributed by atoms with E-state index in [1.54, 1.807) is 0 Å². The SMILES string of the molecule is CC1NC=CC(N2CCCCC2)=C1Br. The Morgan fingerprint density at radius 3 is 2.79 bits per heavy atom. The van der Waals surface area contributed by atoms with E-state index in [1.165, 1.54) is 42.5 Å². The van der Waals surface area contributed by atoms with Gasteiger partial charge in [-0.3, -0.25) is 0 Å². The minimum absolute atomic E-state index is 0.414. The number of nitrogens with zero attached hydrogens (tertiary/aromatic N) is 1. The summed E-state index contributed by atoms with van der Waals surface area (Å²) >= 11 is 3.68. The third-order valence-electron chi connectivity index (χ3n) is 2.91. The molecule has 1 N–H and O–H groups in total. The average molecular weight is 257 g/mol. The van der Waals surface area contributed by atoms with Crippen LogP contribution >= 0.6 is 15.9 Å². The van der Waals surface area contributed by atoms with Crippen LogP contribution in [0.25, 0.3) is 0 Å². The van der Waals surface area contributed by atoms with Crippen LogP contribution < -0.4 is 5.32 Å². The third-order valence-corrected chi connectivity index (χ3v) is 4.00. The zero-order valence-electron chi connectivity index (χ0n) is 8.59. The second-order valence-corrected chi connectivity index (χ2v) is 4.86. The Morgan fingerprint density at radius 1 is 1.36 bits per heavy atom. The number of nitrogens with one attached hydrogen (secondary N) is 1. The first kappa shape index (κ1) is 10.1. The van der Waals surface area contributed by atoms with Crippen molar-refractivity contribution in [2.45, 2.75) is 32.2 Å². The topological polar surface area (TPSA) is 15.3 Å². The number of piperidine rings is 1. The van der Waals surface area contributed by atoms with Crippen molar-refractivity contribution >= 4 is 15.9 Å². The second-order valence-electron chi connectivity index (χ2n) is 4.00. The first-order valence-electron chi connectivity index (χ1n) is 5.36. The van der Waals surface area contributed by atoms with Gasteiger partial charge < -0.3 is 10.2 Å². The zero-order valence-corrected chi connectivity index (χ0v) is 10.2. The molecule has 0 saturated carbocycles. The van der Waals surface area contributed by atoms with Crippen molar-refractivity contribution in [3.63, 3.8) is 0 Å². The minimum atomic E-state index is 0.414. The van der Waals surface area contributed by atoms with E-state index in [4.69, 9.17) is 0 Å². The van der Waals surface area contributed by atoms with Crippen LogP contribution in [0.5, 0.6) is 0 Å². The number of likely N-dealkylation sites (tertiary alicyclic amines) is 1. The van der Waals surface area contributed by atoms with Gasteiger partial charge in [0.1, 0.15) is 0 Å². The highest BCUT2D eigenvalue weighted by atomic mass is 79.9. The average Bonchev–Trinajstić information content (AvgIpc) is 2.23. The summed E-state index contributed by atoms with van der Waals surface area (Å²) in [4.78, 5) is 2.49. The number of dihydropyridines is 1. The molecule has 0 amide bonds. The lowest BCUT2D eigenvalue weighted by atomic mass is 10.1. The predicted molar refractivity (Wildman–Crippen MR) is 63.1 cm³/mol. The van der Waals surface area contributed by atoms with Crippen LogP contribution in [0.1, 0.15) is 26.2 Å². The summed E-state index contributed by atoms with van der Waals surface area (Å²) in [5.41, 5.74) is 1.37. The summed E-state index contributed by atoms with van der Waals surface area (Å²) in [6.07, 6.45) is 8.28. The molecule has 0 aromatic rings. The second kappa shape index (κ2) is 4.39. The van der Waals surface area contributed by atoms with E-state index in [-0.39, 0.29) is 0 Å². The van der Waals surface area contributed by atoms with E-state index in [1.807, 2.05) is 0 Å². The lowest BCUT2D eigenvalue weighted by Gasteiger charge is -2.33. The molecule has 0 bridgehead atoms. The Kier molecular flexibility index (Phi) is 3.16. The van der Waals surface area contributed by atoms with Gasteiger partial charge in [-0.25, -0.2) is 0 Å². The van der Waals surface area contributed by atoms with Crippen molar-refractivity contribution < 1.29 is 0 Å². The van der Waals surface area contributed by atoms with Gasteiger partial charge in [0, 0.05) is 17.6 Å². The number of allylic oxidation sites excluding steroid dienone is 1. The van der Waals surface area contributed by atoms with E-state index < -0.39 is 0 Å². The molecule has 1 atom stereocenters. The maximum absolute atomic E-state index is 3.68. The molecular weight excluding hydrogens is 240 g/mol. The fourth-order valence-corrected chi connectivity index (χ4v) is 2.55. The molecule has 0 aromatic heterocycles. The van der Waals surface area contributed by atoms with Gasteiger partial charge in [0.15, 0.2) is 0 Å². The van der Waals surface area contributed by atoms with Gasteiger partial charge in [0.2, 0.25) is 0 Å². The summed E-state index contributed by atoms with van der Waals surface area (Å²) < 4.78 is 1.29. The fraction of sp³-hybridized carbons (Fsp3) is 0.636. The van der Waals surface area contributed by atoms with Gasteiger partial charge in [-0.05, 0) is 38.5 Å². The lowest BCUT2D eigenvalue weighted by molar-refractivity contribution is 0.289. The zero-order chi connectivity index (χ0) is 9.97. The minimum Gasteiger partial charge on any atom is -0.384 e. The van der Waals surface area contributed by atoms with Crippen LogP contribution in [0, 0.1) is 0 Å². The van der Waals surface area contributed by atoms with Crippen molar-refractivity contribution in [1.82, 2.24) is 10.2 Å². The summed E-state index contributed by atoms with van der Waals surface area (Å²) in [5.74, 6) is 0. The molecule has 0 spiro atoms. The number of hydrogen-bond acceptors (Lipinski definition) is 2. The molecule has 2 aliphatic heterocycles. The van der Waals surface area contributed by atoms with Crippen molar-refractivity contribution in [2.75, 3.05) is 13.1 Å². The summed E-state index contributed by atoms with van der Waals surface area (Å²) in [6.45, 7) is 4.60. The maximum atomic E-state index is 3.68. The molecular formula is C11H17BrN2. The fourth-order valence-electron chi connectivity index (χ4n) is 2.04. The molecule has 0 aliphatic carbocycles. The Morgan fingerprint density at radius 2 is 2.07 bits per heavy atom.